The highest BCUT2D eigenvalue weighted by molar-refractivity contribution is 6.06. The van der Waals surface area contributed by atoms with Gasteiger partial charge in [0, 0.05) is 18.7 Å². The van der Waals surface area contributed by atoms with Crippen molar-refractivity contribution in [3.63, 3.8) is 0 Å². The van der Waals surface area contributed by atoms with E-state index in [1.54, 1.807) is 18.2 Å². The van der Waals surface area contributed by atoms with Crippen molar-refractivity contribution in [2.75, 3.05) is 6.61 Å². The van der Waals surface area contributed by atoms with Crippen LogP contribution in [0.4, 0.5) is 0 Å². The summed E-state index contributed by atoms with van der Waals surface area (Å²) in [6, 6.07) is 4.30. The van der Waals surface area contributed by atoms with Crippen molar-refractivity contribution in [3.05, 3.63) is 30.1 Å². The Bertz CT molecular complexity index is 551. The lowest BCUT2D eigenvalue weighted by molar-refractivity contribution is -0.118. The molecule has 0 spiro atoms. The third kappa shape index (κ3) is 3.24. The van der Waals surface area contributed by atoms with Crippen LogP contribution >= 0.6 is 0 Å². The summed E-state index contributed by atoms with van der Waals surface area (Å²) in [7, 11) is 0. The molecule has 0 aliphatic heterocycles. The van der Waals surface area contributed by atoms with E-state index in [0.717, 1.165) is 0 Å². The van der Waals surface area contributed by atoms with E-state index in [1.165, 1.54) is 6.20 Å². The number of carbonyl (C=O) groups is 1. The van der Waals surface area contributed by atoms with Crippen LogP contribution in [0.5, 0.6) is 0 Å². The van der Waals surface area contributed by atoms with Gasteiger partial charge in [0.1, 0.15) is 17.9 Å². The number of hydrogen-bond acceptors (Lipinski definition) is 6. The zero-order chi connectivity index (χ0) is 16.3. The Morgan fingerprint density at radius 3 is 2.59 bits per heavy atom. The van der Waals surface area contributed by atoms with Crippen LogP contribution in [0.3, 0.4) is 0 Å². The predicted octanol–water partition coefficient (Wildman–Crippen LogP) is -1.89. The van der Waals surface area contributed by atoms with Gasteiger partial charge < -0.3 is 26.8 Å². The molecule has 22 heavy (non-hydrogen) atoms. The fourth-order valence-corrected chi connectivity index (χ4v) is 2.66. The standard InChI is InChI=1S/C14H20N4O4/c15-13(10(14(16)22)8-3-1-2-4-17-8)18-9-5-7(6-19)11(20)12(9)21/h1-4,7,9-12,19-21H,5-6H2,(H2,15,18)(H2,16,22). The van der Waals surface area contributed by atoms with Crippen LogP contribution in [0.2, 0.25) is 0 Å². The highest BCUT2D eigenvalue weighted by Crippen LogP contribution is 2.29. The lowest BCUT2D eigenvalue weighted by atomic mass is 10.0. The van der Waals surface area contributed by atoms with Crippen LogP contribution in [0.25, 0.3) is 0 Å². The summed E-state index contributed by atoms with van der Waals surface area (Å²) < 4.78 is 0. The van der Waals surface area contributed by atoms with Crippen LogP contribution in [-0.4, -0.2) is 56.9 Å². The van der Waals surface area contributed by atoms with E-state index in [9.17, 15) is 15.0 Å². The van der Waals surface area contributed by atoms with Gasteiger partial charge in [0.2, 0.25) is 5.91 Å². The number of pyridine rings is 1. The van der Waals surface area contributed by atoms with E-state index in [0.29, 0.717) is 5.69 Å². The topological polar surface area (TPSA) is 155 Å². The van der Waals surface area contributed by atoms with E-state index < -0.39 is 36.0 Å². The highest BCUT2D eigenvalue weighted by Gasteiger charge is 2.41. The number of rotatable bonds is 5. The van der Waals surface area contributed by atoms with Crippen molar-refractivity contribution in [3.8, 4) is 0 Å². The second-order valence-corrected chi connectivity index (χ2v) is 5.37. The van der Waals surface area contributed by atoms with E-state index >= 15 is 0 Å². The van der Waals surface area contributed by atoms with Crippen LogP contribution in [0, 0.1) is 5.92 Å². The molecular formula is C14H20N4O4. The number of amides is 1. The first-order chi connectivity index (χ1) is 10.5. The first kappa shape index (κ1) is 16.3. The Hall–Kier alpha value is -2.03. The van der Waals surface area contributed by atoms with E-state index in [1.807, 2.05) is 0 Å². The molecule has 5 unspecified atom stereocenters. The quantitative estimate of drug-likeness (QED) is 0.316. The number of hydrogen-bond donors (Lipinski definition) is 5. The molecule has 7 N–H and O–H groups in total. The maximum Gasteiger partial charge on any atom is 0.234 e. The molecule has 0 bridgehead atoms. The summed E-state index contributed by atoms with van der Waals surface area (Å²) >= 11 is 0. The largest absolute Gasteiger partial charge is 0.396 e. The summed E-state index contributed by atoms with van der Waals surface area (Å²) in [5.74, 6) is -2.25. The Balaban J connectivity index is 2.24. The molecule has 1 aromatic rings. The van der Waals surface area contributed by atoms with Crippen molar-refractivity contribution < 1.29 is 20.1 Å². The number of nitrogens with two attached hydrogens (primary N) is 2. The number of aliphatic hydroxyl groups excluding tert-OH is 3. The Kier molecular flexibility index (Phi) is 5.07. The maximum absolute atomic E-state index is 11.7. The third-order valence-electron chi connectivity index (χ3n) is 3.88. The molecule has 5 atom stereocenters. The van der Waals surface area contributed by atoms with Gasteiger partial charge in [-0.05, 0) is 18.6 Å². The second-order valence-electron chi connectivity index (χ2n) is 5.37. The molecule has 1 saturated carbocycles. The molecule has 0 radical (unpaired) electrons. The SMILES string of the molecule is NC(=O)C(C(N)=NC1CC(CO)C(O)C1O)c1ccccn1. The summed E-state index contributed by atoms with van der Waals surface area (Å²) in [6.45, 7) is -0.260. The molecule has 120 valence electrons. The van der Waals surface area contributed by atoms with Crippen molar-refractivity contribution in [1.82, 2.24) is 4.98 Å². The van der Waals surface area contributed by atoms with Crippen molar-refractivity contribution in [2.24, 2.45) is 22.4 Å². The minimum Gasteiger partial charge on any atom is -0.396 e. The van der Waals surface area contributed by atoms with Crippen LogP contribution < -0.4 is 11.5 Å². The summed E-state index contributed by atoms with van der Waals surface area (Å²) in [5, 5.41) is 28.9. The van der Waals surface area contributed by atoms with Gasteiger partial charge in [-0.25, -0.2) is 0 Å². The smallest absolute Gasteiger partial charge is 0.234 e. The minimum absolute atomic E-state index is 0.0685. The molecular weight excluding hydrogens is 288 g/mol. The molecule has 1 heterocycles. The second kappa shape index (κ2) is 6.82. The van der Waals surface area contributed by atoms with Gasteiger partial charge in [-0.2, -0.15) is 0 Å². The molecule has 1 amide bonds. The normalized spacial score (nSPS) is 30.2. The molecule has 2 rings (SSSR count). The Morgan fingerprint density at radius 1 is 1.36 bits per heavy atom. The van der Waals surface area contributed by atoms with Gasteiger partial charge in [-0.1, -0.05) is 6.07 Å². The van der Waals surface area contributed by atoms with E-state index in [-0.39, 0.29) is 18.9 Å². The van der Waals surface area contributed by atoms with Crippen LogP contribution in [0.15, 0.2) is 29.4 Å². The predicted molar refractivity (Wildman–Crippen MR) is 78.8 cm³/mol. The van der Waals surface area contributed by atoms with Crippen LogP contribution in [-0.2, 0) is 4.79 Å². The molecule has 1 aliphatic rings. The van der Waals surface area contributed by atoms with Gasteiger partial charge in [-0.3, -0.25) is 14.8 Å². The summed E-state index contributed by atoms with van der Waals surface area (Å²) in [4.78, 5) is 19.8. The van der Waals surface area contributed by atoms with Crippen molar-refractivity contribution in [1.29, 1.82) is 0 Å². The van der Waals surface area contributed by atoms with Gasteiger partial charge >= 0.3 is 0 Å². The number of aromatic nitrogens is 1. The lowest BCUT2D eigenvalue weighted by Gasteiger charge is -2.17. The zero-order valence-corrected chi connectivity index (χ0v) is 11.9. The fourth-order valence-electron chi connectivity index (χ4n) is 2.66. The number of carbonyl (C=O) groups excluding carboxylic acids is 1. The molecule has 1 aromatic heterocycles. The van der Waals surface area contributed by atoms with Gasteiger partial charge in [0.15, 0.2) is 0 Å². The van der Waals surface area contributed by atoms with Crippen LogP contribution in [0.1, 0.15) is 18.0 Å². The van der Waals surface area contributed by atoms with E-state index in [2.05, 4.69) is 9.98 Å². The maximum atomic E-state index is 11.7. The number of aliphatic imine (C=N–C) groups is 1. The molecule has 1 aliphatic carbocycles. The number of aliphatic hydroxyl groups is 3. The Labute approximate surface area is 127 Å². The summed E-state index contributed by atoms with van der Waals surface area (Å²) in [5.41, 5.74) is 11.6. The number of amidine groups is 1. The van der Waals surface area contributed by atoms with Gasteiger partial charge in [0.05, 0.1) is 17.8 Å². The third-order valence-corrected chi connectivity index (χ3v) is 3.88. The minimum atomic E-state index is -1.15. The highest BCUT2D eigenvalue weighted by atomic mass is 16.3. The molecule has 0 saturated heterocycles. The first-order valence-corrected chi connectivity index (χ1v) is 6.96. The first-order valence-electron chi connectivity index (χ1n) is 6.96. The average molecular weight is 308 g/mol. The molecule has 8 nitrogen and oxygen atoms in total. The average Bonchev–Trinajstić information content (AvgIpc) is 2.76. The summed E-state index contributed by atoms with van der Waals surface area (Å²) in [6.07, 6.45) is -0.441. The number of nitrogens with zero attached hydrogens (tertiary/aromatic N) is 2. The molecule has 0 aromatic carbocycles. The fraction of sp³-hybridized carbons (Fsp3) is 0.500. The molecule has 1 fully saturated rings. The lowest BCUT2D eigenvalue weighted by Crippen LogP contribution is -2.37. The monoisotopic (exact) mass is 308 g/mol. The Morgan fingerprint density at radius 2 is 2.09 bits per heavy atom. The number of primary amides is 1. The van der Waals surface area contributed by atoms with Gasteiger partial charge in [-0.15, -0.1) is 0 Å². The van der Waals surface area contributed by atoms with E-state index in [4.69, 9.17) is 16.6 Å². The zero-order valence-electron chi connectivity index (χ0n) is 11.9. The molecule has 8 heteroatoms. The van der Waals surface area contributed by atoms with Gasteiger partial charge in [0.25, 0.3) is 0 Å². The van der Waals surface area contributed by atoms with Crippen molar-refractivity contribution in [2.45, 2.75) is 30.6 Å². The van der Waals surface area contributed by atoms with Crippen molar-refractivity contribution >= 4 is 11.7 Å².